The predicted octanol–water partition coefficient (Wildman–Crippen LogP) is 3.12. The molecule has 2 aromatic heterocycles. The van der Waals surface area contributed by atoms with Crippen LogP contribution in [0.4, 0.5) is 9.52 Å². The van der Waals surface area contributed by atoms with E-state index in [1.54, 1.807) is 19.2 Å². The lowest BCUT2D eigenvalue weighted by Gasteiger charge is -2.15. The molecule has 3 rings (SSSR count). The molecule has 0 saturated carbocycles. The van der Waals surface area contributed by atoms with E-state index in [9.17, 15) is 9.18 Å². The molecule has 1 saturated heterocycles. The molecule has 3 heterocycles. The molecule has 8 heteroatoms. The molecule has 25 heavy (non-hydrogen) atoms. The van der Waals surface area contributed by atoms with Crippen LogP contribution in [0.25, 0.3) is 0 Å². The van der Waals surface area contributed by atoms with Crippen LogP contribution >= 0.6 is 24.8 Å². The first-order valence-corrected chi connectivity index (χ1v) is 8.87. The summed E-state index contributed by atoms with van der Waals surface area (Å²) in [7, 11) is 0. The smallest absolute Gasteiger partial charge is 0.223 e. The van der Waals surface area contributed by atoms with Crippen LogP contribution in [0.15, 0.2) is 18.5 Å². The Morgan fingerprint density at radius 2 is 2.28 bits per heavy atom. The van der Waals surface area contributed by atoms with Crippen molar-refractivity contribution in [2.75, 3.05) is 18.4 Å². The second-order valence-electron chi connectivity index (χ2n) is 6.30. The summed E-state index contributed by atoms with van der Waals surface area (Å²) in [5, 5.41) is 3.34. The summed E-state index contributed by atoms with van der Waals surface area (Å²) in [6, 6.07) is 1.70. The summed E-state index contributed by atoms with van der Waals surface area (Å²) in [5.74, 6) is 0.153. The molecule has 2 aromatic rings. The summed E-state index contributed by atoms with van der Waals surface area (Å²) in [4.78, 5) is 22.9. The van der Waals surface area contributed by atoms with E-state index in [4.69, 9.17) is 0 Å². The second-order valence-corrected chi connectivity index (χ2v) is 7.41. The van der Waals surface area contributed by atoms with Crippen molar-refractivity contribution in [3.05, 3.63) is 40.4 Å². The highest BCUT2D eigenvalue weighted by Gasteiger charge is 2.25. The number of anilines is 1. The fourth-order valence-electron chi connectivity index (χ4n) is 3.04. The van der Waals surface area contributed by atoms with Crippen LogP contribution in [0.3, 0.4) is 0 Å². The first-order chi connectivity index (χ1) is 11.5. The third kappa shape index (κ3) is 5.23. The standard InChI is InChI=1S/C17H21FN4OS.H2S/c1-11-3-5-19-15(16(11)18)7-13-4-6-22(9-13)10-14-8-20-17(24-14)21-12(2)23;/h3,5,8,13H,4,6-7,9-10H2,1-2H3,(H,20,21,23);1H2. The molecule has 0 aliphatic carbocycles. The Balaban J connectivity index is 0.00000225. The lowest BCUT2D eigenvalue weighted by atomic mass is 10.0. The highest BCUT2D eigenvalue weighted by atomic mass is 32.1. The molecule has 0 radical (unpaired) electrons. The largest absolute Gasteiger partial charge is 0.302 e. The molecule has 1 aliphatic rings. The molecular weight excluding hydrogens is 359 g/mol. The molecule has 1 atom stereocenters. The van der Waals surface area contributed by atoms with E-state index >= 15 is 0 Å². The third-order valence-corrected chi connectivity index (χ3v) is 5.12. The minimum absolute atomic E-state index is 0. The van der Waals surface area contributed by atoms with Gasteiger partial charge in [0, 0.05) is 37.3 Å². The van der Waals surface area contributed by atoms with Crippen molar-refractivity contribution >= 4 is 35.9 Å². The number of hydrogen-bond donors (Lipinski definition) is 1. The second kappa shape index (κ2) is 8.73. The van der Waals surface area contributed by atoms with Crippen molar-refractivity contribution in [3.8, 4) is 0 Å². The number of halogens is 1. The Morgan fingerprint density at radius 3 is 3.04 bits per heavy atom. The molecule has 0 bridgehead atoms. The van der Waals surface area contributed by atoms with Gasteiger partial charge in [0.1, 0.15) is 5.82 Å². The highest BCUT2D eigenvalue weighted by Crippen LogP contribution is 2.26. The first-order valence-electron chi connectivity index (χ1n) is 8.06. The van der Waals surface area contributed by atoms with E-state index < -0.39 is 0 Å². The van der Waals surface area contributed by atoms with E-state index in [2.05, 4.69) is 20.2 Å². The van der Waals surface area contributed by atoms with E-state index in [1.165, 1.54) is 18.3 Å². The van der Waals surface area contributed by atoms with Crippen molar-refractivity contribution in [1.82, 2.24) is 14.9 Å². The van der Waals surface area contributed by atoms with Crippen molar-refractivity contribution in [2.45, 2.75) is 33.2 Å². The van der Waals surface area contributed by atoms with Gasteiger partial charge in [-0.2, -0.15) is 13.5 Å². The van der Waals surface area contributed by atoms with Crippen molar-refractivity contribution in [1.29, 1.82) is 0 Å². The van der Waals surface area contributed by atoms with Gasteiger partial charge in [0.2, 0.25) is 5.91 Å². The molecule has 1 unspecified atom stereocenters. The average Bonchev–Trinajstić information content (AvgIpc) is 3.14. The molecule has 5 nitrogen and oxygen atoms in total. The molecule has 0 spiro atoms. The predicted molar refractivity (Wildman–Crippen MR) is 103 cm³/mol. The van der Waals surface area contributed by atoms with Gasteiger partial charge in [0.25, 0.3) is 0 Å². The lowest BCUT2D eigenvalue weighted by Crippen LogP contribution is -2.20. The number of hydrogen-bond acceptors (Lipinski definition) is 5. The van der Waals surface area contributed by atoms with Gasteiger partial charge < -0.3 is 5.32 Å². The monoisotopic (exact) mass is 382 g/mol. The zero-order valence-corrected chi connectivity index (χ0v) is 16.2. The Morgan fingerprint density at radius 1 is 1.48 bits per heavy atom. The van der Waals surface area contributed by atoms with Gasteiger partial charge in [-0.25, -0.2) is 9.37 Å². The molecule has 136 valence electrons. The van der Waals surface area contributed by atoms with Crippen LogP contribution in [0.5, 0.6) is 0 Å². The minimum atomic E-state index is -0.168. The quantitative estimate of drug-likeness (QED) is 0.863. The Bertz CT molecular complexity index is 737. The number of aryl methyl sites for hydroxylation is 1. The van der Waals surface area contributed by atoms with Crippen LogP contribution in [0, 0.1) is 18.7 Å². The van der Waals surface area contributed by atoms with Gasteiger partial charge in [-0.3, -0.25) is 14.7 Å². The van der Waals surface area contributed by atoms with Crippen LogP contribution < -0.4 is 5.32 Å². The number of pyridine rings is 1. The van der Waals surface area contributed by atoms with Gasteiger partial charge in [-0.05, 0) is 43.9 Å². The maximum absolute atomic E-state index is 14.1. The minimum Gasteiger partial charge on any atom is -0.302 e. The van der Waals surface area contributed by atoms with E-state index in [0.717, 1.165) is 30.9 Å². The molecular formula is C17H23FN4OS2. The molecule has 0 aromatic carbocycles. The number of amides is 1. The summed E-state index contributed by atoms with van der Waals surface area (Å²) in [6.07, 6.45) is 5.22. The number of carbonyl (C=O) groups is 1. The van der Waals surface area contributed by atoms with Gasteiger partial charge in [0.05, 0.1) is 5.69 Å². The van der Waals surface area contributed by atoms with Crippen molar-refractivity contribution in [3.63, 3.8) is 0 Å². The van der Waals surface area contributed by atoms with Gasteiger partial charge in [-0.15, -0.1) is 11.3 Å². The van der Waals surface area contributed by atoms with Crippen LogP contribution in [-0.2, 0) is 17.8 Å². The zero-order valence-electron chi connectivity index (χ0n) is 14.4. The third-order valence-electron chi connectivity index (χ3n) is 4.22. The van der Waals surface area contributed by atoms with Crippen LogP contribution in [0.2, 0.25) is 0 Å². The topological polar surface area (TPSA) is 58.1 Å². The number of aromatic nitrogens is 2. The average molecular weight is 383 g/mol. The number of nitrogens with one attached hydrogen (secondary N) is 1. The first kappa shape index (κ1) is 19.8. The number of carbonyl (C=O) groups excluding carboxylic acids is 1. The van der Waals surface area contributed by atoms with Crippen molar-refractivity contribution in [2.24, 2.45) is 5.92 Å². The van der Waals surface area contributed by atoms with Crippen LogP contribution in [-0.4, -0.2) is 33.9 Å². The van der Waals surface area contributed by atoms with Gasteiger partial charge >= 0.3 is 0 Å². The fourth-order valence-corrected chi connectivity index (χ4v) is 3.95. The lowest BCUT2D eigenvalue weighted by molar-refractivity contribution is -0.114. The summed E-state index contributed by atoms with van der Waals surface area (Å²) < 4.78 is 14.1. The SMILES string of the molecule is CC(=O)Nc1ncc(CN2CCC(Cc3nccc(C)c3F)C2)s1.S. The maximum atomic E-state index is 14.1. The normalized spacial score (nSPS) is 17.3. The van der Waals surface area contributed by atoms with E-state index in [0.29, 0.717) is 28.7 Å². The fraction of sp³-hybridized carbons (Fsp3) is 0.471. The molecule has 1 N–H and O–H groups in total. The summed E-state index contributed by atoms with van der Waals surface area (Å²) in [6.45, 7) is 5.99. The van der Waals surface area contributed by atoms with E-state index in [1.807, 2.05) is 6.20 Å². The highest BCUT2D eigenvalue weighted by molar-refractivity contribution is 7.59. The summed E-state index contributed by atoms with van der Waals surface area (Å²) in [5.41, 5.74) is 1.23. The maximum Gasteiger partial charge on any atom is 0.223 e. The zero-order chi connectivity index (χ0) is 17.1. The summed E-state index contributed by atoms with van der Waals surface area (Å²) >= 11 is 1.50. The van der Waals surface area contributed by atoms with E-state index in [-0.39, 0.29) is 25.2 Å². The Kier molecular flexibility index (Phi) is 6.92. The van der Waals surface area contributed by atoms with Gasteiger partial charge in [-0.1, -0.05) is 0 Å². The molecule has 1 aliphatic heterocycles. The molecule has 1 fully saturated rings. The molecule has 1 amide bonds. The number of nitrogens with zero attached hydrogens (tertiary/aromatic N) is 3. The Hall–Kier alpha value is -1.51. The van der Waals surface area contributed by atoms with Crippen molar-refractivity contribution < 1.29 is 9.18 Å². The Labute approximate surface area is 158 Å². The number of thiazole rings is 1. The number of rotatable bonds is 5. The number of likely N-dealkylation sites (tertiary alicyclic amines) is 1. The van der Waals surface area contributed by atoms with Crippen LogP contribution in [0.1, 0.15) is 29.5 Å². The van der Waals surface area contributed by atoms with Gasteiger partial charge in [0.15, 0.2) is 5.13 Å².